The van der Waals surface area contributed by atoms with Gasteiger partial charge in [-0.05, 0) is 36.8 Å². The smallest absolute Gasteiger partial charge is 0.421 e. The zero-order valence-corrected chi connectivity index (χ0v) is 14.7. The predicted molar refractivity (Wildman–Crippen MR) is 94.7 cm³/mol. The van der Waals surface area contributed by atoms with Crippen LogP contribution in [0, 0.1) is 0 Å². The highest BCUT2D eigenvalue weighted by atomic mass is 19.4. The third-order valence-corrected chi connectivity index (χ3v) is 4.31. The number of methoxy groups -OCH3 is 1. The number of para-hydroxylation sites is 1. The van der Waals surface area contributed by atoms with E-state index in [1.807, 2.05) is 36.4 Å². The highest BCUT2D eigenvalue weighted by Gasteiger charge is 2.51. The van der Waals surface area contributed by atoms with E-state index in [4.69, 9.17) is 9.47 Å². The van der Waals surface area contributed by atoms with E-state index in [0.29, 0.717) is 12.6 Å². The van der Waals surface area contributed by atoms with Crippen molar-refractivity contribution in [2.75, 3.05) is 7.11 Å². The highest BCUT2D eigenvalue weighted by molar-refractivity contribution is 5.78. The Bertz CT molecular complexity index is 955. The van der Waals surface area contributed by atoms with Crippen LogP contribution in [-0.4, -0.2) is 23.4 Å². The molecule has 0 fully saturated rings. The maximum Gasteiger partial charge on any atom is 0.421 e. The quantitative estimate of drug-likeness (QED) is 0.707. The third kappa shape index (κ3) is 3.83. The molecule has 1 aromatic heterocycles. The highest BCUT2D eigenvalue weighted by Crippen LogP contribution is 2.41. The fourth-order valence-corrected chi connectivity index (χ4v) is 2.59. The molecule has 142 valence electrons. The number of fused-ring (bicyclic) bond motifs is 1. The van der Waals surface area contributed by atoms with E-state index in [-0.39, 0.29) is 23.7 Å². The first-order valence-corrected chi connectivity index (χ1v) is 8.17. The van der Waals surface area contributed by atoms with Crippen molar-refractivity contribution in [2.45, 2.75) is 25.3 Å². The van der Waals surface area contributed by atoms with Crippen LogP contribution in [0.15, 0.2) is 54.6 Å². The molecule has 0 aliphatic rings. The summed E-state index contributed by atoms with van der Waals surface area (Å²) in [7, 11) is 1.32. The van der Waals surface area contributed by atoms with Crippen molar-refractivity contribution in [3.8, 4) is 11.5 Å². The molecule has 0 saturated heterocycles. The summed E-state index contributed by atoms with van der Waals surface area (Å²) in [6.07, 6.45) is -4.81. The van der Waals surface area contributed by atoms with Gasteiger partial charge in [-0.25, -0.2) is 4.98 Å². The van der Waals surface area contributed by atoms with E-state index in [1.165, 1.54) is 19.2 Å². The van der Waals surface area contributed by atoms with Crippen molar-refractivity contribution in [3.05, 3.63) is 65.9 Å². The first-order valence-electron chi connectivity index (χ1n) is 8.17. The number of ether oxygens (including phenoxy) is 2. The van der Waals surface area contributed by atoms with Gasteiger partial charge in [0.25, 0.3) is 0 Å². The lowest BCUT2D eigenvalue weighted by molar-refractivity contribution is -0.258. The molecule has 3 rings (SSSR count). The van der Waals surface area contributed by atoms with Crippen molar-refractivity contribution in [2.24, 2.45) is 0 Å². The summed E-state index contributed by atoms with van der Waals surface area (Å²) in [6, 6.07) is 15.0. The summed E-state index contributed by atoms with van der Waals surface area (Å²) in [5.74, 6) is 0.354. The van der Waals surface area contributed by atoms with Crippen molar-refractivity contribution >= 4 is 10.9 Å². The topological polar surface area (TPSA) is 51.6 Å². The minimum Gasteiger partial charge on any atom is -0.493 e. The maximum atomic E-state index is 13.0. The van der Waals surface area contributed by atoms with Crippen molar-refractivity contribution < 1.29 is 27.8 Å². The first kappa shape index (κ1) is 19.0. The molecule has 2 aromatic carbocycles. The van der Waals surface area contributed by atoms with Gasteiger partial charge in [0.2, 0.25) is 0 Å². The summed E-state index contributed by atoms with van der Waals surface area (Å²) in [6.45, 7) is 0.817. The molecule has 3 aromatic rings. The van der Waals surface area contributed by atoms with E-state index in [0.717, 1.165) is 17.0 Å². The second kappa shape index (κ2) is 7.08. The van der Waals surface area contributed by atoms with Crippen LogP contribution in [0.1, 0.15) is 18.2 Å². The Labute approximate surface area is 154 Å². The molecule has 0 saturated carbocycles. The Morgan fingerprint density at radius 3 is 2.44 bits per heavy atom. The van der Waals surface area contributed by atoms with Crippen LogP contribution >= 0.6 is 0 Å². The Morgan fingerprint density at radius 1 is 1.00 bits per heavy atom. The van der Waals surface area contributed by atoms with Crippen molar-refractivity contribution in [3.63, 3.8) is 0 Å². The van der Waals surface area contributed by atoms with Crippen molar-refractivity contribution in [1.29, 1.82) is 0 Å². The van der Waals surface area contributed by atoms with Gasteiger partial charge in [-0.1, -0.05) is 30.3 Å². The fourth-order valence-electron chi connectivity index (χ4n) is 2.59. The predicted octanol–water partition coefficient (Wildman–Crippen LogP) is 4.59. The van der Waals surface area contributed by atoms with Crippen LogP contribution in [0.2, 0.25) is 0 Å². The molecule has 0 aliphatic carbocycles. The van der Waals surface area contributed by atoms with E-state index >= 15 is 0 Å². The first-order chi connectivity index (χ1) is 12.7. The average Bonchev–Trinajstić information content (AvgIpc) is 2.65. The monoisotopic (exact) mass is 377 g/mol. The molecule has 4 nitrogen and oxygen atoms in total. The average molecular weight is 377 g/mol. The number of rotatable bonds is 5. The molecular formula is C20H18F3NO3. The second-order valence-corrected chi connectivity index (χ2v) is 6.22. The normalized spacial score (nSPS) is 14.0. The van der Waals surface area contributed by atoms with E-state index in [1.54, 1.807) is 0 Å². The van der Waals surface area contributed by atoms with Crippen LogP contribution in [-0.2, 0) is 12.2 Å². The molecule has 1 unspecified atom stereocenters. The van der Waals surface area contributed by atoms with Crippen LogP contribution < -0.4 is 9.47 Å². The number of benzene rings is 2. The minimum atomic E-state index is -4.81. The van der Waals surface area contributed by atoms with Gasteiger partial charge in [0, 0.05) is 5.39 Å². The SMILES string of the molecule is COc1cc(C(C)(O)C(F)(F)F)ccc1OCc1ccc2ccccc2n1. The maximum absolute atomic E-state index is 13.0. The summed E-state index contributed by atoms with van der Waals surface area (Å²) >= 11 is 0. The van der Waals surface area contributed by atoms with Gasteiger partial charge in [-0.15, -0.1) is 0 Å². The molecule has 0 radical (unpaired) electrons. The van der Waals surface area contributed by atoms with Crippen LogP contribution in [0.4, 0.5) is 13.2 Å². The Morgan fingerprint density at radius 2 is 1.74 bits per heavy atom. The molecule has 0 aliphatic heterocycles. The van der Waals surface area contributed by atoms with Gasteiger partial charge in [0.1, 0.15) is 6.61 Å². The van der Waals surface area contributed by atoms with Gasteiger partial charge in [0.05, 0.1) is 18.3 Å². The van der Waals surface area contributed by atoms with E-state index in [9.17, 15) is 18.3 Å². The lowest BCUT2D eigenvalue weighted by atomic mass is 9.95. The molecule has 0 amide bonds. The number of pyridine rings is 1. The Kier molecular flexibility index (Phi) is 4.97. The molecule has 1 N–H and O–H groups in total. The summed E-state index contributed by atoms with van der Waals surface area (Å²) in [5.41, 5.74) is -1.83. The number of hydrogen-bond donors (Lipinski definition) is 1. The van der Waals surface area contributed by atoms with Gasteiger partial charge in [0.15, 0.2) is 17.1 Å². The van der Waals surface area contributed by atoms with Crippen LogP contribution in [0.25, 0.3) is 10.9 Å². The van der Waals surface area contributed by atoms with Gasteiger partial charge in [-0.3, -0.25) is 0 Å². The van der Waals surface area contributed by atoms with E-state index in [2.05, 4.69) is 4.98 Å². The molecule has 7 heteroatoms. The molecule has 0 spiro atoms. The molecule has 1 atom stereocenters. The third-order valence-electron chi connectivity index (χ3n) is 4.31. The zero-order chi connectivity index (χ0) is 19.7. The Hall–Kier alpha value is -2.80. The van der Waals surface area contributed by atoms with Gasteiger partial charge >= 0.3 is 6.18 Å². The van der Waals surface area contributed by atoms with Crippen molar-refractivity contribution in [1.82, 2.24) is 4.98 Å². The lowest BCUT2D eigenvalue weighted by Crippen LogP contribution is -2.39. The number of aromatic nitrogens is 1. The largest absolute Gasteiger partial charge is 0.493 e. The zero-order valence-electron chi connectivity index (χ0n) is 14.7. The lowest BCUT2D eigenvalue weighted by Gasteiger charge is -2.27. The molecular weight excluding hydrogens is 359 g/mol. The number of halogens is 3. The van der Waals surface area contributed by atoms with Crippen LogP contribution in [0.5, 0.6) is 11.5 Å². The summed E-state index contributed by atoms with van der Waals surface area (Å²) < 4.78 is 49.9. The summed E-state index contributed by atoms with van der Waals surface area (Å²) in [5, 5.41) is 10.8. The number of aliphatic hydroxyl groups is 1. The van der Waals surface area contributed by atoms with Gasteiger partial charge < -0.3 is 14.6 Å². The van der Waals surface area contributed by atoms with Gasteiger partial charge in [-0.2, -0.15) is 13.2 Å². The fraction of sp³-hybridized carbons (Fsp3) is 0.250. The molecule has 1 heterocycles. The minimum absolute atomic E-state index is 0.0952. The summed E-state index contributed by atoms with van der Waals surface area (Å²) in [4.78, 5) is 4.48. The molecule has 0 bridgehead atoms. The number of hydrogen-bond acceptors (Lipinski definition) is 4. The standard InChI is InChI=1S/C20H18F3NO3/c1-19(25,20(21,22)23)14-8-10-17(18(11-14)26-2)27-12-15-9-7-13-5-3-4-6-16(13)24-15/h3-11,25H,12H2,1-2H3. The second-order valence-electron chi connectivity index (χ2n) is 6.22. The number of alkyl halides is 3. The Balaban J connectivity index is 1.82. The van der Waals surface area contributed by atoms with E-state index < -0.39 is 11.8 Å². The number of nitrogens with zero attached hydrogens (tertiary/aromatic N) is 1. The molecule has 27 heavy (non-hydrogen) atoms. The van der Waals surface area contributed by atoms with Crippen LogP contribution in [0.3, 0.4) is 0 Å².